The summed E-state index contributed by atoms with van der Waals surface area (Å²) in [5, 5.41) is 1.35. The van der Waals surface area contributed by atoms with Gasteiger partial charge in [0.05, 0.1) is 6.26 Å². The van der Waals surface area contributed by atoms with Gasteiger partial charge in [0.25, 0.3) is 0 Å². The molecule has 0 bridgehead atoms. The molecule has 0 unspecified atom stereocenters. The molecule has 0 fully saturated rings. The van der Waals surface area contributed by atoms with Crippen molar-refractivity contribution in [2.75, 3.05) is 0 Å². The van der Waals surface area contributed by atoms with E-state index < -0.39 is 0 Å². The monoisotopic (exact) mass is 228 g/mol. The molecule has 2 rings (SSSR count). The fraction of sp³-hybridized carbons (Fsp3) is 0.111. The van der Waals surface area contributed by atoms with Crippen LogP contribution in [0, 0.1) is 5.82 Å². The number of halogens is 2. The minimum absolute atomic E-state index is 0.194. The fourth-order valence-corrected chi connectivity index (χ4v) is 1.78. The maximum atomic E-state index is 13.1. The SMILES string of the molecule is Fc1ccc2occc2c1CBr. The molecule has 0 atom stereocenters. The number of benzene rings is 1. The normalized spacial score (nSPS) is 10.8. The van der Waals surface area contributed by atoms with E-state index in [0.29, 0.717) is 10.9 Å². The first-order valence-corrected chi connectivity index (χ1v) is 4.65. The number of hydrogen-bond donors (Lipinski definition) is 0. The average Bonchev–Trinajstić information content (AvgIpc) is 2.52. The van der Waals surface area contributed by atoms with Crippen molar-refractivity contribution in [3.63, 3.8) is 0 Å². The van der Waals surface area contributed by atoms with Crippen LogP contribution in [0.25, 0.3) is 11.0 Å². The van der Waals surface area contributed by atoms with Crippen LogP contribution in [0.3, 0.4) is 0 Å². The van der Waals surface area contributed by atoms with E-state index in [2.05, 4.69) is 15.9 Å². The average molecular weight is 229 g/mol. The van der Waals surface area contributed by atoms with Gasteiger partial charge in [0.1, 0.15) is 11.4 Å². The number of rotatable bonds is 1. The van der Waals surface area contributed by atoms with Crippen molar-refractivity contribution in [2.45, 2.75) is 5.33 Å². The Morgan fingerprint density at radius 3 is 2.92 bits per heavy atom. The Balaban J connectivity index is 2.83. The lowest BCUT2D eigenvalue weighted by Crippen LogP contribution is -1.85. The Labute approximate surface area is 77.3 Å². The molecule has 1 heterocycles. The molecule has 0 aliphatic rings. The van der Waals surface area contributed by atoms with E-state index in [1.165, 1.54) is 6.07 Å². The zero-order valence-corrected chi connectivity index (χ0v) is 7.77. The summed E-state index contributed by atoms with van der Waals surface area (Å²) in [5.74, 6) is -0.194. The highest BCUT2D eigenvalue weighted by molar-refractivity contribution is 9.08. The van der Waals surface area contributed by atoms with Crippen LogP contribution in [-0.4, -0.2) is 0 Å². The molecule has 1 nitrogen and oxygen atoms in total. The lowest BCUT2D eigenvalue weighted by molar-refractivity contribution is 0.606. The third kappa shape index (κ3) is 1.05. The molecule has 0 N–H and O–H groups in total. The van der Waals surface area contributed by atoms with E-state index in [9.17, 15) is 4.39 Å². The van der Waals surface area contributed by atoms with Crippen LogP contribution in [0.4, 0.5) is 4.39 Å². The van der Waals surface area contributed by atoms with Crippen LogP contribution in [0.5, 0.6) is 0 Å². The predicted octanol–water partition coefficient (Wildman–Crippen LogP) is 3.47. The topological polar surface area (TPSA) is 13.1 Å². The second-order valence-corrected chi connectivity index (χ2v) is 3.05. The second kappa shape index (κ2) is 2.90. The van der Waals surface area contributed by atoms with Gasteiger partial charge >= 0.3 is 0 Å². The largest absolute Gasteiger partial charge is 0.464 e. The maximum absolute atomic E-state index is 13.1. The van der Waals surface area contributed by atoms with E-state index >= 15 is 0 Å². The third-order valence-electron chi connectivity index (χ3n) is 1.82. The van der Waals surface area contributed by atoms with Crippen LogP contribution in [-0.2, 0) is 5.33 Å². The van der Waals surface area contributed by atoms with Crippen molar-refractivity contribution in [1.82, 2.24) is 0 Å². The van der Waals surface area contributed by atoms with Crippen LogP contribution >= 0.6 is 15.9 Å². The number of alkyl halides is 1. The Kier molecular flexibility index (Phi) is 1.89. The molecule has 2 aromatic rings. The molecule has 0 aliphatic carbocycles. The quantitative estimate of drug-likeness (QED) is 0.682. The summed E-state index contributed by atoms with van der Waals surface area (Å²) in [7, 11) is 0. The van der Waals surface area contributed by atoms with Crippen molar-refractivity contribution in [3.8, 4) is 0 Å². The lowest BCUT2D eigenvalue weighted by Gasteiger charge is -1.98. The van der Waals surface area contributed by atoms with Gasteiger partial charge in [-0.2, -0.15) is 0 Å². The van der Waals surface area contributed by atoms with Gasteiger partial charge in [-0.3, -0.25) is 0 Å². The molecule has 12 heavy (non-hydrogen) atoms. The van der Waals surface area contributed by atoms with Gasteiger partial charge in [-0.05, 0) is 18.2 Å². The zero-order chi connectivity index (χ0) is 8.55. The molecule has 1 aromatic heterocycles. The molecule has 0 radical (unpaired) electrons. The summed E-state index contributed by atoms with van der Waals surface area (Å²) in [6.07, 6.45) is 1.57. The van der Waals surface area contributed by atoms with Crippen LogP contribution in [0.15, 0.2) is 28.9 Å². The molecule has 0 amide bonds. The summed E-state index contributed by atoms with van der Waals surface area (Å²) in [6.45, 7) is 0. The molecule has 1 aromatic carbocycles. The van der Waals surface area contributed by atoms with E-state index in [0.717, 1.165) is 11.0 Å². The van der Waals surface area contributed by atoms with E-state index in [1.54, 1.807) is 18.4 Å². The molecule has 0 saturated carbocycles. The predicted molar refractivity (Wildman–Crippen MR) is 48.8 cm³/mol. The Morgan fingerprint density at radius 1 is 1.33 bits per heavy atom. The standard InChI is InChI=1S/C9H6BrFO/c10-5-7-6-3-4-12-9(6)2-1-8(7)11/h1-4H,5H2. The summed E-state index contributed by atoms with van der Waals surface area (Å²) in [4.78, 5) is 0. The van der Waals surface area contributed by atoms with Gasteiger partial charge in [-0.15, -0.1) is 0 Å². The molecule has 0 aliphatic heterocycles. The van der Waals surface area contributed by atoms with Gasteiger partial charge in [0.2, 0.25) is 0 Å². The molecule has 0 spiro atoms. The molecule has 0 saturated heterocycles. The van der Waals surface area contributed by atoms with Crippen LogP contribution < -0.4 is 0 Å². The van der Waals surface area contributed by atoms with Crippen molar-refractivity contribution >= 4 is 26.9 Å². The van der Waals surface area contributed by atoms with E-state index in [1.807, 2.05) is 0 Å². The third-order valence-corrected chi connectivity index (χ3v) is 2.38. The van der Waals surface area contributed by atoms with E-state index in [-0.39, 0.29) is 5.82 Å². The molecular formula is C9H6BrFO. The molecular weight excluding hydrogens is 223 g/mol. The second-order valence-electron chi connectivity index (χ2n) is 2.49. The highest BCUT2D eigenvalue weighted by atomic mass is 79.9. The first kappa shape index (κ1) is 7.80. The van der Waals surface area contributed by atoms with Crippen LogP contribution in [0.2, 0.25) is 0 Å². The first-order valence-electron chi connectivity index (χ1n) is 3.53. The van der Waals surface area contributed by atoms with Gasteiger partial charge in [-0.25, -0.2) is 4.39 Å². The summed E-state index contributed by atoms with van der Waals surface area (Å²) < 4.78 is 18.3. The summed E-state index contributed by atoms with van der Waals surface area (Å²) in [6, 6.07) is 4.83. The zero-order valence-electron chi connectivity index (χ0n) is 6.18. The van der Waals surface area contributed by atoms with Crippen molar-refractivity contribution in [1.29, 1.82) is 0 Å². The van der Waals surface area contributed by atoms with Gasteiger partial charge in [-0.1, -0.05) is 15.9 Å². The van der Waals surface area contributed by atoms with E-state index in [4.69, 9.17) is 4.42 Å². The van der Waals surface area contributed by atoms with Gasteiger partial charge in [0, 0.05) is 16.3 Å². The van der Waals surface area contributed by atoms with Gasteiger partial charge < -0.3 is 4.42 Å². The number of hydrogen-bond acceptors (Lipinski definition) is 1. The highest BCUT2D eigenvalue weighted by Gasteiger charge is 2.07. The minimum atomic E-state index is -0.194. The van der Waals surface area contributed by atoms with Crippen LogP contribution in [0.1, 0.15) is 5.56 Å². The number of furan rings is 1. The number of fused-ring (bicyclic) bond motifs is 1. The first-order chi connectivity index (χ1) is 5.83. The Hall–Kier alpha value is -0.830. The molecule has 3 heteroatoms. The highest BCUT2D eigenvalue weighted by Crippen LogP contribution is 2.24. The van der Waals surface area contributed by atoms with Crippen molar-refractivity contribution in [3.05, 3.63) is 35.8 Å². The lowest BCUT2D eigenvalue weighted by atomic mass is 10.1. The Morgan fingerprint density at radius 2 is 2.17 bits per heavy atom. The Bertz CT molecular complexity index is 408. The van der Waals surface area contributed by atoms with Crippen molar-refractivity contribution < 1.29 is 8.81 Å². The smallest absolute Gasteiger partial charge is 0.134 e. The summed E-state index contributed by atoms with van der Waals surface area (Å²) >= 11 is 3.23. The fourth-order valence-electron chi connectivity index (χ4n) is 1.21. The molecule has 62 valence electrons. The maximum Gasteiger partial charge on any atom is 0.134 e. The van der Waals surface area contributed by atoms with Gasteiger partial charge in [0.15, 0.2) is 0 Å². The minimum Gasteiger partial charge on any atom is -0.464 e. The summed E-state index contributed by atoms with van der Waals surface area (Å²) in [5.41, 5.74) is 1.38. The van der Waals surface area contributed by atoms with Crippen molar-refractivity contribution in [2.24, 2.45) is 0 Å².